The molecule has 108 valence electrons. The summed E-state index contributed by atoms with van der Waals surface area (Å²) in [4.78, 5) is 25.8. The van der Waals surface area contributed by atoms with Crippen LogP contribution in [-0.4, -0.2) is 31.4 Å². The Morgan fingerprint density at radius 1 is 1.15 bits per heavy atom. The number of fused-ring (bicyclic) bond motifs is 1. The lowest BCUT2D eigenvalue weighted by Crippen LogP contribution is -2.33. The van der Waals surface area contributed by atoms with Crippen LogP contribution in [0, 0.1) is 19.8 Å². The summed E-state index contributed by atoms with van der Waals surface area (Å²) in [5.41, 5.74) is 3.12. The average Bonchev–Trinajstić information content (AvgIpc) is 2.64. The largest absolute Gasteiger partial charge is 0.379 e. The van der Waals surface area contributed by atoms with E-state index in [1.807, 2.05) is 26.0 Å². The molecule has 0 saturated heterocycles. The molecule has 0 unspecified atom stereocenters. The standard InChI is InChI=1S/C16H21NO3/c1-10(2)9-20-8-7-17-14-12(4)6-5-11(3)13(14)15(18)16(17)19/h5-6,10H,7-9H2,1-4H3. The average molecular weight is 275 g/mol. The van der Waals surface area contributed by atoms with Crippen LogP contribution < -0.4 is 4.90 Å². The number of Topliss-reactive ketones (excluding diaryl/α,β-unsaturated/α-hetero) is 1. The van der Waals surface area contributed by atoms with Crippen molar-refractivity contribution in [3.8, 4) is 0 Å². The molecule has 1 aliphatic heterocycles. The molecule has 1 aromatic carbocycles. The number of aryl methyl sites for hydroxylation is 2. The predicted molar refractivity (Wildman–Crippen MR) is 78.3 cm³/mol. The summed E-state index contributed by atoms with van der Waals surface area (Å²) in [6.07, 6.45) is 0. The molecular weight excluding hydrogens is 254 g/mol. The van der Waals surface area contributed by atoms with E-state index in [0.717, 1.165) is 16.8 Å². The highest BCUT2D eigenvalue weighted by Gasteiger charge is 2.37. The highest BCUT2D eigenvalue weighted by atomic mass is 16.5. The Bertz CT molecular complexity index is 549. The van der Waals surface area contributed by atoms with E-state index in [4.69, 9.17) is 4.74 Å². The molecule has 1 amide bonds. The van der Waals surface area contributed by atoms with Crippen LogP contribution in [0.4, 0.5) is 5.69 Å². The van der Waals surface area contributed by atoms with Gasteiger partial charge >= 0.3 is 0 Å². The van der Waals surface area contributed by atoms with Crippen molar-refractivity contribution >= 4 is 17.4 Å². The van der Waals surface area contributed by atoms with Gasteiger partial charge in [0.05, 0.1) is 17.9 Å². The second-order valence-corrected chi connectivity index (χ2v) is 5.68. The zero-order valence-corrected chi connectivity index (χ0v) is 12.5. The number of nitrogens with zero attached hydrogens (tertiary/aromatic N) is 1. The van der Waals surface area contributed by atoms with Gasteiger partial charge in [-0.3, -0.25) is 9.59 Å². The number of hydrogen-bond donors (Lipinski definition) is 0. The number of carbonyl (C=O) groups excluding carboxylic acids is 2. The molecule has 0 aliphatic carbocycles. The number of ketones is 1. The topological polar surface area (TPSA) is 46.6 Å². The highest BCUT2D eigenvalue weighted by Crippen LogP contribution is 2.34. The minimum Gasteiger partial charge on any atom is -0.379 e. The summed E-state index contributed by atoms with van der Waals surface area (Å²) in [7, 11) is 0. The fraction of sp³-hybridized carbons (Fsp3) is 0.500. The number of amides is 1. The summed E-state index contributed by atoms with van der Waals surface area (Å²) >= 11 is 0. The van der Waals surface area contributed by atoms with Gasteiger partial charge in [0.1, 0.15) is 0 Å². The summed E-state index contributed by atoms with van der Waals surface area (Å²) in [6.45, 7) is 9.48. The number of ether oxygens (including phenoxy) is 1. The zero-order chi connectivity index (χ0) is 14.9. The quantitative estimate of drug-likeness (QED) is 0.612. The third-order valence-corrected chi connectivity index (χ3v) is 3.43. The molecule has 0 N–H and O–H groups in total. The molecule has 4 heteroatoms. The summed E-state index contributed by atoms with van der Waals surface area (Å²) in [5, 5.41) is 0. The molecule has 0 radical (unpaired) electrons. The minimum atomic E-state index is -0.439. The Labute approximate surface area is 119 Å². The van der Waals surface area contributed by atoms with Gasteiger partial charge in [0.15, 0.2) is 0 Å². The van der Waals surface area contributed by atoms with Gasteiger partial charge in [0.25, 0.3) is 11.7 Å². The Kier molecular flexibility index (Phi) is 4.23. The molecular formula is C16H21NO3. The van der Waals surface area contributed by atoms with Crippen LogP contribution in [-0.2, 0) is 9.53 Å². The van der Waals surface area contributed by atoms with Gasteiger partial charge in [-0.25, -0.2) is 0 Å². The van der Waals surface area contributed by atoms with Gasteiger partial charge < -0.3 is 9.64 Å². The lowest BCUT2D eigenvalue weighted by Gasteiger charge is -2.19. The van der Waals surface area contributed by atoms with Crippen LogP contribution in [0.2, 0.25) is 0 Å². The molecule has 0 bridgehead atoms. The Morgan fingerprint density at radius 3 is 2.45 bits per heavy atom. The Balaban J connectivity index is 2.18. The second kappa shape index (κ2) is 5.75. The number of rotatable bonds is 5. The fourth-order valence-corrected chi connectivity index (χ4v) is 2.45. The van der Waals surface area contributed by atoms with Gasteiger partial charge in [0.2, 0.25) is 0 Å². The van der Waals surface area contributed by atoms with Crippen molar-refractivity contribution in [3.05, 3.63) is 28.8 Å². The summed E-state index contributed by atoms with van der Waals surface area (Å²) in [6, 6.07) is 3.83. The number of hydrogen-bond acceptors (Lipinski definition) is 3. The maximum absolute atomic E-state index is 12.1. The van der Waals surface area contributed by atoms with E-state index in [1.165, 1.54) is 0 Å². The predicted octanol–water partition coefficient (Wildman–Crippen LogP) is 2.51. The third-order valence-electron chi connectivity index (χ3n) is 3.43. The smallest absolute Gasteiger partial charge is 0.299 e. The minimum absolute atomic E-state index is 0.398. The first-order valence-electron chi connectivity index (χ1n) is 6.97. The Morgan fingerprint density at radius 2 is 1.80 bits per heavy atom. The number of carbonyl (C=O) groups is 2. The first-order chi connectivity index (χ1) is 9.43. The van der Waals surface area contributed by atoms with Crippen molar-refractivity contribution < 1.29 is 14.3 Å². The van der Waals surface area contributed by atoms with E-state index < -0.39 is 11.7 Å². The molecule has 0 fully saturated rings. The first-order valence-corrected chi connectivity index (χ1v) is 6.97. The van der Waals surface area contributed by atoms with Crippen molar-refractivity contribution in [1.29, 1.82) is 0 Å². The molecule has 1 aromatic rings. The van der Waals surface area contributed by atoms with E-state index in [9.17, 15) is 9.59 Å². The maximum Gasteiger partial charge on any atom is 0.299 e. The lowest BCUT2D eigenvalue weighted by molar-refractivity contribution is -0.114. The first kappa shape index (κ1) is 14.7. The molecule has 2 rings (SSSR count). The summed E-state index contributed by atoms with van der Waals surface area (Å²) in [5.74, 6) is -0.377. The van der Waals surface area contributed by atoms with Crippen molar-refractivity contribution in [2.24, 2.45) is 5.92 Å². The zero-order valence-electron chi connectivity index (χ0n) is 12.5. The van der Waals surface area contributed by atoms with Crippen molar-refractivity contribution in [1.82, 2.24) is 0 Å². The van der Waals surface area contributed by atoms with E-state index in [-0.39, 0.29) is 0 Å². The van der Waals surface area contributed by atoms with Crippen LogP contribution in [0.3, 0.4) is 0 Å². The molecule has 4 nitrogen and oxygen atoms in total. The van der Waals surface area contributed by atoms with E-state index >= 15 is 0 Å². The van der Waals surface area contributed by atoms with Crippen molar-refractivity contribution in [3.63, 3.8) is 0 Å². The molecule has 0 aromatic heterocycles. The van der Waals surface area contributed by atoms with E-state index in [2.05, 4.69) is 13.8 Å². The van der Waals surface area contributed by atoms with Gasteiger partial charge in [-0.2, -0.15) is 0 Å². The monoisotopic (exact) mass is 275 g/mol. The molecule has 0 atom stereocenters. The van der Waals surface area contributed by atoms with Crippen LogP contribution in [0.25, 0.3) is 0 Å². The lowest BCUT2D eigenvalue weighted by atomic mass is 10.0. The second-order valence-electron chi connectivity index (χ2n) is 5.68. The van der Waals surface area contributed by atoms with Crippen LogP contribution >= 0.6 is 0 Å². The van der Waals surface area contributed by atoms with Crippen molar-refractivity contribution in [2.45, 2.75) is 27.7 Å². The third kappa shape index (κ3) is 2.61. The molecule has 1 heterocycles. The normalized spacial score (nSPS) is 14.3. The number of anilines is 1. The number of benzene rings is 1. The maximum atomic E-state index is 12.1. The van der Waals surface area contributed by atoms with Gasteiger partial charge in [-0.15, -0.1) is 0 Å². The van der Waals surface area contributed by atoms with Gasteiger partial charge in [-0.1, -0.05) is 26.0 Å². The molecule has 0 spiro atoms. The molecule has 1 aliphatic rings. The summed E-state index contributed by atoms with van der Waals surface area (Å²) < 4.78 is 5.52. The molecule has 20 heavy (non-hydrogen) atoms. The van der Waals surface area contributed by atoms with E-state index in [0.29, 0.717) is 31.2 Å². The van der Waals surface area contributed by atoms with Gasteiger partial charge in [-0.05, 0) is 30.9 Å². The highest BCUT2D eigenvalue weighted by molar-refractivity contribution is 6.52. The molecule has 0 saturated carbocycles. The van der Waals surface area contributed by atoms with E-state index in [1.54, 1.807) is 4.90 Å². The fourth-order valence-electron chi connectivity index (χ4n) is 2.45. The van der Waals surface area contributed by atoms with Gasteiger partial charge in [0, 0.05) is 13.2 Å². The van der Waals surface area contributed by atoms with Crippen LogP contribution in [0.15, 0.2) is 12.1 Å². The van der Waals surface area contributed by atoms with Crippen LogP contribution in [0.5, 0.6) is 0 Å². The van der Waals surface area contributed by atoms with Crippen molar-refractivity contribution in [2.75, 3.05) is 24.7 Å². The SMILES string of the molecule is Cc1ccc(C)c2c1C(=O)C(=O)N2CCOCC(C)C. The van der Waals surface area contributed by atoms with Crippen LogP contribution in [0.1, 0.15) is 35.3 Å². The Hall–Kier alpha value is -1.68.